The SMILES string of the molecule is Cc1csc(CC2(O)CCCNCC2)n1. The molecule has 1 aliphatic heterocycles. The normalized spacial score (nSPS) is 27.6. The first-order valence-electron chi connectivity index (χ1n) is 5.52. The minimum absolute atomic E-state index is 0.534. The third-order valence-corrected chi connectivity index (χ3v) is 3.88. The number of hydrogen-bond donors (Lipinski definition) is 2. The Morgan fingerprint density at radius 2 is 2.40 bits per heavy atom. The maximum atomic E-state index is 10.4. The van der Waals surface area contributed by atoms with Crippen molar-refractivity contribution in [3.63, 3.8) is 0 Å². The van der Waals surface area contributed by atoms with Crippen molar-refractivity contribution in [3.8, 4) is 0 Å². The standard InChI is InChI=1S/C11H18N2OS/c1-9-8-15-10(13-9)7-11(14)3-2-5-12-6-4-11/h8,12,14H,2-7H2,1H3. The fourth-order valence-electron chi connectivity index (χ4n) is 2.06. The lowest BCUT2D eigenvalue weighted by Crippen LogP contribution is -2.32. The monoisotopic (exact) mass is 226 g/mol. The number of aryl methyl sites for hydroxylation is 1. The summed E-state index contributed by atoms with van der Waals surface area (Å²) in [5, 5.41) is 16.9. The highest BCUT2D eigenvalue weighted by Gasteiger charge is 2.29. The highest BCUT2D eigenvalue weighted by molar-refractivity contribution is 7.09. The minimum atomic E-state index is -0.534. The highest BCUT2D eigenvalue weighted by Crippen LogP contribution is 2.25. The fourth-order valence-corrected chi connectivity index (χ4v) is 2.96. The first-order valence-corrected chi connectivity index (χ1v) is 6.40. The molecule has 0 spiro atoms. The molecule has 0 aliphatic carbocycles. The Bertz CT molecular complexity index is 316. The van der Waals surface area contributed by atoms with Crippen LogP contribution in [0.1, 0.15) is 30.0 Å². The molecule has 0 radical (unpaired) electrons. The van der Waals surface area contributed by atoms with E-state index in [0.717, 1.165) is 43.1 Å². The predicted octanol–water partition coefficient (Wildman–Crippen LogP) is 1.50. The summed E-state index contributed by atoms with van der Waals surface area (Å²) in [7, 11) is 0. The van der Waals surface area contributed by atoms with Gasteiger partial charge in [-0.05, 0) is 39.3 Å². The Morgan fingerprint density at radius 3 is 3.13 bits per heavy atom. The van der Waals surface area contributed by atoms with Gasteiger partial charge in [0.05, 0.1) is 10.6 Å². The third-order valence-electron chi connectivity index (χ3n) is 2.91. The van der Waals surface area contributed by atoms with Crippen LogP contribution in [0.2, 0.25) is 0 Å². The fraction of sp³-hybridized carbons (Fsp3) is 0.727. The zero-order valence-corrected chi connectivity index (χ0v) is 9.94. The van der Waals surface area contributed by atoms with Crippen LogP contribution in [-0.2, 0) is 6.42 Å². The Labute approximate surface area is 94.5 Å². The summed E-state index contributed by atoms with van der Waals surface area (Å²) in [5.74, 6) is 0. The van der Waals surface area contributed by atoms with E-state index in [4.69, 9.17) is 0 Å². The molecule has 1 saturated heterocycles. The van der Waals surface area contributed by atoms with E-state index in [0.29, 0.717) is 6.42 Å². The second-order valence-corrected chi connectivity index (χ2v) is 5.33. The Kier molecular flexibility index (Phi) is 3.38. The molecule has 1 atom stereocenters. The van der Waals surface area contributed by atoms with E-state index in [1.165, 1.54) is 0 Å². The average Bonchev–Trinajstić information content (AvgIpc) is 2.46. The summed E-state index contributed by atoms with van der Waals surface area (Å²) in [6.45, 7) is 3.94. The lowest BCUT2D eigenvalue weighted by molar-refractivity contribution is 0.0284. The van der Waals surface area contributed by atoms with Gasteiger partial charge < -0.3 is 10.4 Å². The summed E-state index contributed by atoms with van der Waals surface area (Å²) >= 11 is 1.66. The van der Waals surface area contributed by atoms with Crippen LogP contribution in [0.25, 0.3) is 0 Å². The van der Waals surface area contributed by atoms with Gasteiger partial charge in [-0.2, -0.15) is 0 Å². The van der Waals surface area contributed by atoms with Crippen molar-refractivity contribution in [1.82, 2.24) is 10.3 Å². The van der Waals surface area contributed by atoms with Crippen molar-refractivity contribution in [1.29, 1.82) is 0 Å². The van der Waals surface area contributed by atoms with Gasteiger partial charge in [-0.25, -0.2) is 4.98 Å². The van der Waals surface area contributed by atoms with Gasteiger partial charge in [0.1, 0.15) is 0 Å². The van der Waals surface area contributed by atoms with Gasteiger partial charge in [-0.3, -0.25) is 0 Å². The number of hydrogen-bond acceptors (Lipinski definition) is 4. The van der Waals surface area contributed by atoms with E-state index in [9.17, 15) is 5.11 Å². The molecule has 1 aromatic rings. The van der Waals surface area contributed by atoms with Gasteiger partial charge in [-0.1, -0.05) is 0 Å². The number of aliphatic hydroxyl groups is 1. The van der Waals surface area contributed by atoms with Crippen molar-refractivity contribution in [2.24, 2.45) is 0 Å². The molecule has 2 N–H and O–H groups in total. The second-order valence-electron chi connectivity index (χ2n) is 4.39. The van der Waals surface area contributed by atoms with Gasteiger partial charge >= 0.3 is 0 Å². The molecule has 1 aliphatic rings. The lowest BCUT2D eigenvalue weighted by Gasteiger charge is -2.24. The number of nitrogens with one attached hydrogen (secondary N) is 1. The zero-order valence-electron chi connectivity index (χ0n) is 9.12. The lowest BCUT2D eigenvalue weighted by atomic mass is 9.91. The van der Waals surface area contributed by atoms with Crippen LogP contribution in [-0.4, -0.2) is 28.8 Å². The third kappa shape index (κ3) is 3.00. The first-order chi connectivity index (χ1) is 7.18. The summed E-state index contributed by atoms with van der Waals surface area (Å²) in [4.78, 5) is 4.42. The van der Waals surface area contributed by atoms with E-state index in [1.807, 2.05) is 12.3 Å². The van der Waals surface area contributed by atoms with E-state index in [1.54, 1.807) is 11.3 Å². The molecule has 3 nitrogen and oxygen atoms in total. The molecule has 15 heavy (non-hydrogen) atoms. The largest absolute Gasteiger partial charge is 0.389 e. The molecule has 84 valence electrons. The van der Waals surface area contributed by atoms with Crippen molar-refractivity contribution in [3.05, 3.63) is 16.1 Å². The molecule has 2 rings (SSSR count). The van der Waals surface area contributed by atoms with E-state index >= 15 is 0 Å². The van der Waals surface area contributed by atoms with Crippen LogP contribution < -0.4 is 5.32 Å². The van der Waals surface area contributed by atoms with Crippen LogP contribution in [0.5, 0.6) is 0 Å². The molecular formula is C11H18N2OS. The van der Waals surface area contributed by atoms with Crippen molar-refractivity contribution in [2.75, 3.05) is 13.1 Å². The van der Waals surface area contributed by atoms with E-state index < -0.39 is 5.60 Å². The Balaban J connectivity index is 2.02. The number of aromatic nitrogens is 1. The summed E-state index contributed by atoms with van der Waals surface area (Å²) < 4.78 is 0. The van der Waals surface area contributed by atoms with Crippen molar-refractivity contribution in [2.45, 2.75) is 38.2 Å². The van der Waals surface area contributed by atoms with Gasteiger partial charge in [0, 0.05) is 17.5 Å². The maximum Gasteiger partial charge on any atom is 0.0956 e. The smallest absolute Gasteiger partial charge is 0.0956 e. The van der Waals surface area contributed by atoms with Crippen LogP contribution in [0, 0.1) is 6.92 Å². The molecule has 1 aromatic heterocycles. The van der Waals surface area contributed by atoms with Gasteiger partial charge in [0.25, 0.3) is 0 Å². The van der Waals surface area contributed by atoms with Gasteiger partial charge in [0.2, 0.25) is 0 Å². The predicted molar refractivity (Wildman–Crippen MR) is 62.2 cm³/mol. The second kappa shape index (κ2) is 4.60. The molecule has 1 fully saturated rings. The topological polar surface area (TPSA) is 45.1 Å². The molecule has 1 unspecified atom stereocenters. The van der Waals surface area contributed by atoms with Crippen LogP contribution in [0.15, 0.2) is 5.38 Å². The summed E-state index contributed by atoms with van der Waals surface area (Å²) in [6.07, 6.45) is 3.50. The molecule has 0 aromatic carbocycles. The van der Waals surface area contributed by atoms with Crippen LogP contribution in [0.3, 0.4) is 0 Å². The molecule has 2 heterocycles. The Morgan fingerprint density at radius 1 is 1.53 bits per heavy atom. The molecular weight excluding hydrogens is 208 g/mol. The van der Waals surface area contributed by atoms with E-state index in [-0.39, 0.29) is 0 Å². The molecule has 0 amide bonds. The minimum Gasteiger partial charge on any atom is -0.389 e. The average molecular weight is 226 g/mol. The zero-order chi connectivity index (χ0) is 10.7. The quantitative estimate of drug-likeness (QED) is 0.803. The number of thiazole rings is 1. The molecule has 0 bridgehead atoms. The Hall–Kier alpha value is -0.450. The molecule has 0 saturated carbocycles. The number of nitrogens with zero attached hydrogens (tertiary/aromatic N) is 1. The molecule has 4 heteroatoms. The van der Waals surface area contributed by atoms with Gasteiger partial charge in [0.15, 0.2) is 0 Å². The number of rotatable bonds is 2. The summed E-state index contributed by atoms with van der Waals surface area (Å²) in [6, 6.07) is 0. The van der Waals surface area contributed by atoms with Crippen LogP contribution in [0.4, 0.5) is 0 Å². The van der Waals surface area contributed by atoms with E-state index in [2.05, 4.69) is 10.3 Å². The van der Waals surface area contributed by atoms with Crippen LogP contribution >= 0.6 is 11.3 Å². The van der Waals surface area contributed by atoms with Crippen molar-refractivity contribution >= 4 is 11.3 Å². The van der Waals surface area contributed by atoms with Gasteiger partial charge in [-0.15, -0.1) is 11.3 Å². The maximum absolute atomic E-state index is 10.4. The highest BCUT2D eigenvalue weighted by atomic mass is 32.1. The van der Waals surface area contributed by atoms with Crippen molar-refractivity contribution < 1.29 is 5.11 Å². The first kappa shape index (κ1) is 11.0. The summed E-state index contributed by atoms with van der Waals surface area (Å²) in [5.41, 5.74) is 0.527.